The zero-order chi connectivity index (χ0) is 14.5. The van der Waals surface area contributed by atoms with Gasteiger partial charge in [0.25, 0.3) is 0 Å². The van der Waals surface area contributed by atoms with E-state index in [-0.39, 0.29) is 18.6 Å². The summed E-state index contributed by atoms with van der Waals surface area (Å²) in [6.07, 6.45) is 4.81. The molecule has 0 aromatic carbocycles. The molecule has 0 aliphatic carbocycles. The first kappa shape index (κ1) is 14.3. The molecule has 2 heterocycles. The van der Waals surface area contributed by atoms with Crippen molar-refractivity contribution in [3.8, 4) is 0 Å². The van der Waals surface area contributed by atoms with Crippen LogP contribution in [0, 0.1) is 0 Å². The van der Waals surface area contributed by atoms with Gasteiger partial charge in [0.15, 0.2) is 0 Å². The smallest absolute Gasteiger partial charge is 0.325 e. The van der Waals surface area contributed by atoms with Crippen LogP contribution in [0.3, 0.4) is 0 Å². The van der Waals surface area contributed by atoms with Crippen molar-refractivity contribution in [2.45, 2.75) is 25.4 Å². The molecule has 0 radical (unpaired) electrons. The number of urea groups is 1. The summed E-state index contributed by atoms with van der Waals surface area (Å²) in [5, 5.41) is 18.5. The lowest BCUT2D eigenvalue weighted by Crippen LogP contribution is -2.45. The lowest BCUT2D eigenvalue weighted by atomic mass is 10.1. The lowest BCUT2D eigenvalue weighted by Gasteiger charge is -2.31. The first-order valence-corrected chi connectivity index (χ1v) is 6.55. The van der Waals surface area contributed by atoms with E-state index < -0.39 is 5.97 Å². The Morgan fingerprint density at radius 1 is 1.55 bits per heavy atom. The number of aromatic nitrogens is 2. The van der Waals surface area contributed by atoms with Gasteiger partial charge in [0.05, 0.1) is 11.9 Å². The average Bonchev–Trinajstić information content (AvgIpc) is 2.85. The first-order valence-electron chi connectivity index (χ1n) is 6.55. The summed E-state index contributed by atoms with van der Waals surface area (Å²) >= 11 is 0. The third-order valence-electron chi connectivity index (χ3n) is 3.36. The van der Waals surface area contributed by atoms with E-state index in [0.717, 1.165) is 25.9 Å². The summed E-state index contributed by atoms with van der Waals surface area (Å²) in [6, 6.07) is 0.0251. The SMILES string of the molecule is CN(C(=O)Nc1cnn(CC(=O)O)c1)C1CCNCC1. The molecule has 1 aliphatic heterocycles. The van der Waals surface area contributed by atoms with Crippen LogP contribution in [0.1, 0.15) is 12.8 Å². The molecule has 20 heavy (non-hydrogen) atoms. The number of amides is 2. The van der Waals surface area contributed by atoms with Crippen LogP contribution in [0.15, 0.2) is 12.4 Å². The Labute approximate surface area is 116 Å². The molecule has 0 unspecified atom stereocenters. The quantitative estimate of drug-likeness (QED) is 0.731. The Morgan fingerprint density at radius 2 is 2.25 bits per heavy atom. The van der Waals surface area contributed by atoms with Gasteiger partial charge in [-0.15, -0.1) is 0 Å². The highest BCUT2D eigenvalue weighted by molar-refractivity contribution is 5.89. The van der Waals surface area contributed by atoms with Gasteiger partial charge in [-0.05, 0) is 25.9 Å². The number of hydrogen-bond donors (Lipinski definition) is 3. The highest BCUT2D eigenvalue weighted by atomic mass is 16.4. The summed E-state index contributed by atoms with van der Waals surface area (Å²) in [5.74, 6) is -0.974. The van der Waals surface area contributed by atoms with E-state index in [0.29, 0.717) is 5.69 Å². The zero-order valence-corrected chi connectivity index (χ0v) is 11.4. The summed E-state index contributed by atoms with van der Waals surface area (Å²) < 4.78 is 1.27. The minimum absolute atomic E-state index is 0.202. The second-order valence-electron chi connectivity index (χ2n) is 4.84. The van der Waals surface area contributed by atoms with Gasteiger partial charge in [-0.1, -0.05) is 0 Å². The summed E-state index contributed by atoms with van der Waals surface area (Å²) in [4.78, 5) is 24.3. The number of carbonyl (C=O) groups excluding carboxylic acids is 1. The molecule has 0 atom stereocenters. The molecular weight excluding hydrogens is 262 g/mol. The number of nitrogens with one attached hydrogen (secondary N) is 2. The average molecular weight is 281 g/mol. The van der Waals surface area contributed by atoms with Gasteiger partial charge in [0, 0.05) is 19.3 Å². The lowest BCUT2D eigenvalue weighted by molar-refractivity contribution is -0.137. The predicted octanol–water partition coefficient (Wildman–Crippen LogP) is 0.183. The monoisotopic (exact) mass is 281 g/mol. The fourth-order valence-corrected chi connectivity index (χ4v) is 2.22. The Morgan fingerprint density at radius 3 is 2.90 bits per heavy atom. The highest BCUT2D eigenvalue weighted by Crippen LogP contribution is 2.12. The van der Waals surface area contributed by atoms with Crippen LogP contribution in [0.5, 0.6) is 0 Å². The summed E-state index contributed by atoms with van der Waals surface area (Å²) in [6.45, 7) is 1.61. The molecule has 1 fully saturated rings. The third kappa shape index (κ3) is 3.70. The molecule has 0 spiro atoms. The van der Waals surface area contributed by atoms with E-state index in [1.54, 1.807) is 11.9 Å². The van der Waals surface area contributed by atoms with Crippen LogP contribution in [0.4, 0.5) is 10.5 Å². The molecule has 1 aromatic heterocycles. The molecule has 2 amide bonds. The number of hydrogen-bond acceptors (Lipinski definition) is 4. The molecule has 1 aliphatic rings. The number of anilines is 1. The Hall–Kier alpha value is -2.09. The van der Waals surface area contributed by atoms with E-state index in [1.165, 1.54) is 17.1 Å². The number of rotatable bonds is 4. The van der Waals surface area contributed by atoms with Crippen molar-refractivity contribution in [2.75, 3.05) is 25.5 Å². The van der Waals surface area contributed by atoms with E-state index in [4.69, 9.17) is 5.11 Å². The standard InChI is InChI=1S/C12H19N5O3/c1-16(10-2-4-13-5-3-10)12(20)15-9-6-14-17(7-9)8-11(18)19/h6-7,10,13H,2-5,8H2,1H3,(H,15,20)(H,18,19). The Balaban J connectivity index is 1.89. The fourth-order valence-electron chi connectivity index (χ4n) is 2.22. The predicted molar refractivity (Wildman–Crippen MR) is 72.5 cm³/mol. The molecule has 1 saturated heterocycles. The van der Waals surface area contributed by atoms with Crippen LogP contribution < -0.4 is 10.6 Å². The van der Waals surface area contributed by atoms with Crippen LogP contribution in [0.2, 0.25) is 0 Å². The maximum atomic E-state index is 12.1. The topological polar surface area (TPSA) is 99.5 Å². The van der Waals surface area contributed by atoms with Crippen molar-refractivity contribution in [2.24, 2.45) is 0 Å². The molecule has 1 aromatic rings. The number of carboxylic acid groups (broad SMARTS) is 1. The van der Waals surface area contributed by atoms with Crippen molar-refractivity contribution in [1.29, 1.82) is 0 Å². The second kappa shape index (κ2) is 6.38. The number of carboxylic acids is 1. The summed E-state index contributed by atoms with van der Waals surface area (Å²) in [5.41, 5.74) is 0.497. The highest BCUT2D eigenvalue weighted by Gasteiger charge is 2.22. The van der Waals surface area contributed by atoms with Crippen molar-refractivity contribution in [3.63, 3.8) is 0 Å². The maximum Gasteiger partial charge on any atom is 0.325 e. The minimum Gasteiger partial charge on any atom is -0.480 e. The molecule has 3 N–H and O–H groups in total. The molecule has 2 rings (SSSR count). The van der Waals surface area contributed by atoms with E-state index in [9.17, 15) is 9.59 Å². The summed E-state index contributed by atoms with van der Waals surface area (Å²) in [7, 11) is 1.77. The number of aliphatic carboxylic acids is 1. The van der Waals surface area contributed by atoms with Gasteiger partial charge in [0.1, 0.15) is 6.54 Å². The van der Waals surface area contributed by atoms with Gasteiger partial charge < -0.3 is 20.6 Å². The van der Waals surface area contributed by atoms with Crippen molar-refractivity contribution < 1.29 is 14.7 Å². The normalized spacial score (nSPS) is 15.8. The first-order chi connectivity index (χ1) is 9.56. The molecule has 8 nitrogen and oxygen atoms in total. The molecular formula is C12H19N5O3. The maximum absolute atomic E-state index is 12.1. The number of nitrogens with zero attached hydrogens (tertiary/aromatic N) is 3. The second-order valence-corrected chi connectivity index (χ2v) is 4.84. The van der Waals surface area contributed by atoms with Crippen molar-refractivity contribution in [3.05, 3.63) is 12.4 Å². The van der Waals surface area contributed by atoms with Gasteiger partial charge >= 0.3 is 12.0 Å². The van der Waals surface area contributed by atoms with Crippen LogP contribution >= 0.6 is 0 Å². The van der Waals surface area contributed by atoms with Gasteiger partial charge in [-0.2, -0.15) is 5.10 Å². The Kier molecular flexibility index (Phi) is 4.57. The molecule has 8 heteroatoms. The third-order valence-corrected chi connectivity index (χ3v) is 3.36. The van der Waals surface area contributed by atoms with Crippen LogP contribution in [-0.2, 0) is 11.3 Å². The van der Waals surface area contributed by atoms with Crippen molar-refractivity contribution in [1.82, 2.24) is 20.0 Å². The van der Waals surface area contributed by atoms with Gasteiger partial charge in [-0.3, -0.25) is 9.48 Å². The fraction of sp³-hybridized carbons (Fsp3) is 0.583. The van der Waals surface area contributed by atoms with Gasteiger partial charge in [0.2, 0.25) is 0 Å². The van der Waals surface area contributed by atoms with E-state index in [2.05, 4.69) is 15.7 Å². The van der Waals surface area contributed by atoms with Crippen molar-refractivity contribution >= 4 is 17.7 Å². The molecule has 0 bridgehead atoms. The molecule has 0 saturated carbocycles. The number of carbonyl (C=O) groups is 2. The minimum atomic E-state index is -0.974. The van der Waals surface area contributed by atoms with E-state index in [1.807, 2.05) is 0 Å². The van der Waals surface area contributed by atoms with Crippen LogP contribution in [-0.4, -0.2) is 58.0 Å². The number of piperidine rings is 1. The zero-order valence-electron chi connectivity index (χ0n) is 11.4. The van der Waals surface area contributed by atoms with Crippen LogP contribution in [0.25, 0.3) is 0 Å². The van der Waals surface area contributed by atoms with E-state index >= 15 is 0 Å². The largest absolute Gasteiger partial charge is 0.480 e. The van der Waals surface area contributed by atoms with Gasteiger partial charge in [-0.25, -0.2) is 4.79 Å². The Bertz CT molecular complexity index is 481. The molecule has 110 valence electrons.